The molecule has 0 aliphatic carbocycles. The lowest BCUT2D eigenvalue weighted by atomic mass is 9.87. The Morgan fingerprint density at radius 2 is 2.16 bits per heavy atom. The lowest BCUT2D eigenvalue weighted by Crippen LogP contribution is -2.58. The topological polar surface area (TPSA) is 58.4 Å². The van der Waals surface area contributed by atoms with E-state index in [1.807, 2.05) is 13.8 Å². The molecule has 0 bridgehead atoms. The van der Waals surface area contributed by atoms with Gasteiger partial charge in [0, 0.05) is 12.1 Å². The molecule has 1 aliphatic rings. The van der Waals surface area contributed by atoms with Gasteiger partial charge in [0.25, 0.3) is 0 Å². The van der Waals surface area contributed by atoms with Crippen LogP contribution in [-0.2, 0) is 4.79 Å². The number of nitrogens with zero attached hydrogens (tertiary/aromatic N) is 1. The van der Waals surface area contributed by atoms with Gasteiger partial charge in [-0.3, -0.25) is 9.69 Å². The van der Waals surface area contributed by atoms with Gasteiger partial charge in [-0.05, 0) is 59.0 Å². The van der Waals surface area contributed by atoms with Gasteiger partial charge in [-0.25, -0.2) is 0 Å². The second-order valence-corrected chi connectivity index (χ2v) is 6.38. The summed E-state index contributed by atoms with van der Waals surface area (Å²) in [6.45, 7) is 12.7. The van der Waals surface area contributed by atoms with Crippen LogP contribution in [0.1, 0.15) is 53.9 Å². The number of hydrogen-bond acceptors (Lipinski definition) is 3. The van der Waals surface area contributed by atoms with E-state index in [0.29, 0.717) is 12.1 Å². The average Bonchev–Trinajstić information content (AvgIpc) is 2.32. The van der Waals surface area contributed by atoms with Crippen molar-refractivity contribution in [3.63, 3.8) is 0 Å². The first-order valence-corrected chi connectivity index (χ1v) is 7.62. The van der Waals surface area contributed by atoms with Crippen molar-refractivity contribution < 1.29 is 4.79 Å². The first kappa shape index (κ1) is 16.4. The number of nitrogens with two attached hydrogens (primary N) is 1. The fourth-order valence-corrected chi connectivity index (χ4v) is 3.35. The quantitative estimate of drug-likeness (QED) is 0.772. The van der Waals surface area contributed by atoms with Gasteiger partial charge >= 0.3 is 0 Å². The number of likely N-dealkylation sites (N-methyl/N-ethyl adjacent to an activating group) is 1. The Balaban J connectivity index is 2.71. The number of carbonyl (C=O) groups is 1. The van der Waals surface area contributed by atoms with Crippen LogP contribution >= 0.6 is 0 Å². The molecular formula is C15H31N3O. The Morgan fingerprint density at radius 1 is 1.53 bits per heavy atom. The van der Waals surface area contributed by atoms with Crippen LogP contribution in [0.25, 0.3) is 0 Å². The zero-order valence-electron chi connectivity index (χ0n) is 13.2. The molecule has 0 spiro atoms. The zero-order chi connectivity index (χ0) is 14.6. The molecule has 1 aliphatic heterocycles. The highest BCUT2D eigenvalue weighted by Crippen LogP contribution is 2.27. The largest absolute Gasteiger partial charge is 0.368 e. The molecule has 4 unspecified atom stereocenters. The molecule has 0 radical (unpaired) electrons. The number of rotatable bonds is 6. The molecule has 19 heavy (non-hydrogen) atoms. The predicted octanol–water partition coefficient (Wildman–Crippen LogP) is 1.74. The fourth-order valence-electron chi connectivity index (χ4n) is 3.35. The van der Waals surface area contributed by atoms with E-state index in [2.05, 4.69) is 31.0 Å². The van der Waals surface area contributed by atoms with E-state index in [9.17, 15) is 4.79 Å². The van der Waals surface area contributed by atoms with Gasteiger partial charge in [0.05, 0.1) is 5.54 Å². The van der Waals surface area contributed by atoms with Gasteiger partial charge in [0.15, 0.2) is 0 Å². The number of carbonyl (C=O) groups excluding carboxylic acids is 1. The van der Waals surface area contributed by atoms with E-state index in [1.54, 1.807) is 0 Å². The van der Waals surface area contributed by atoms with Crippen molar-refractivity contribution in [1.29, 1.82) is 0 Å². The molecule has 0 aromatic heterocycles. The number of nitrogens with one attached hydrogen (secondary N) is 1. The van der Waals surface area contributed by atoms with Crippen LogP contribution in [0.3, 0.4) is 0 Å². The highest BCUT2D eigenvalue weighted by Gasteiger charge is 2.36. The zero-order valence-corrected chi connectivity index (χ0v) is 13.2. The number of amides is 1. The van der Waals surface area contributed by atoms with Crippen LogP contribution in [0, 0.1) is 5.92 Å². The Morgan fingerprint density at radius 3 is 2.68 bits per heavy atom. The van der Waals surface area contributed by atoms with Gasteiger partial charge in [-0.2, -0.15) is 0 Å². The summed E-state index contributed by atoms with van der Waals surface area (Å²) >= 11 is 0. The highest BCUT2D eigenvalue weighted by molar-refractivity contribution is 5.84. The number of primary amides is 1. The maximum atomic E-state index is 11.7. The maximum absolute atomic E-state index is 11.7. The van der Waals surface area contributed by atoms with Crippen LogP contribution in [0.4, 0.5) is 0 Å². The molecule has 4 heteroatoms. The Kier molecular flexibility index (Phi) is 5.81. The van der Waals surface area contributed by atoms with E-state index in [1.165, 1.54) is 12.8 Å². The second-order valence-electron chi connectivity index (χ2n) is 6.38. The van der Waals surface area contributed by atoms with E-state index in [0.717, 1.165) is 25.4 Å². The van der Waals surface area contributed by atoms with Crippen LogP contribution < -0.4 is 11.1 Å². The first-order chi connectivity index (χ1) is 8.81. The van der Waals surface area contributed by atoms with E-state index >= 15 is 0 Å². The summed E-state index contributed by atoms with van der Waals surface area (Å²) in [7, 11) is 0. The molecule has 1 fully saturated rings. The third kappa shape index (κ3) is 3.93. The van der Waals surface area contributed by atoms with E-state index < -0.39 is 5.54 Å². The van der Waals surface area contributed by atoms with E-state index in [4.69, 9.17) is 5.73 Å². The highest BCUT2D eigenvalue weighted by atomic mass is 16.1. The molecular weight excluding hydrogens is 238 g/mol. The molecule has 4 nitrogen and oxygen atoms in total. The number of hydrogen-bond donors (Lipinski definition) is 2. The lowest BCUT2D eigenvalue weighted by Gasteiger charge is -2.44. The smallest absolute Gasteiger partial charge is 0.237 e. The minimum Gasteiger partial charge on any atom is -0.368 e. The summed E-state index contributed by atoms with van der Waals surface area (Å²) in [6, 6.07) is 0.955. The molecule has 0 aromatic carbocycles. The van der Waals surface area contributed by atoms with Crippen molar-refractivity contribution in [2.45, 2.75) is 71.5 Å². The molecule has 0 saturated carbocycles. The van der Waals surface area contributed by atoms with Gasteiger partial charge < -0.3 is 11.1 Å². The molecule has 1 heterocycles. The SMILES string of the molecule is CCNC(C)(CC(C)N1CCCC(C)C1C)C(N)=O. The Bertz CT molecular complexity index is 308. The molecule has 4 atom stereocenters. The van der Waals surface area contributed by atoms with Crippen molar-refractivity contribution in [3.8, 4) is 0 Å². The van der Waals surface area contributed by atoms with Gasteiger partial charge in [0.1, 0.15) is 0 Å². The summed E-state index contributed by atoms with van der Waals surface area (Å²) in [4.78, 5) is 14.3. The molecule has 3 N–H and O–H groups in total. The van der Waals surface area contributed by atoms with Crippen LogP contribution in [0.2, 0.25) is 0 Å². The third-order valence-corrected chi connectivity index (χ3v) is 4.80. The summed E-state index contributed by atoms with van der Waals surface area (Å²) in [5, 5.41) is 3.25. The molecule has 0 aromatic rings. The fraction of sp³-hybridized carbons (Fsp3) is 0.933. The predicted molar refractivity (Wildman–Crippen MR) is 79.9 cm³/mol. The lowest BCUT2D eigenvalue weighted by molar-refractivity contribution is -0.124. The summed E-state index contributed by atoms with van der Waals surface area (Å²) in [5.41, 5.74) is 4.97. The monoisotopic (exact) mass is 269 g/mol. The number of likely N-dealkylation sites (tertiary alicyclic amines) is 1. The second kappa shape index (κ2) is 6.71. The minimum absolute atomic E-state index is 0.251. The van der Waals surface area contributed by atoms with Gasteiger partial charge in [-0.1, -0.05) is 13.8 Å². The van der Waals surface area contributed by atoms with Gasteiger partial charge in [-0.15, -0.1) is 0 Å². The van der Waals surface area contributed by atoms with Crippen molar-refractivity contribution in [1.82, 2.24) is 10.2 Å². The van der Waals surface area contributed by atoms with Crippen LogP contribution in [-0.4, -0.2) is 41.5 Å². The summed E-state index contributed by atoms with van der Waals surface area (Å²) in [5.74, 6) is 0.481. The van der Waals surface area contributed by atoms with Crippen LogP contribution in [0.15, 0.2) is 0 Å². The van der Waals surface area contributed by atoms with Crippen LogP contribution in [0.5, 0.6) is 0 Å². The molecule has 112 valence electrons. The molecule has 1 saturated heterocycles. The van der Waals surface area contributed by atoms with E-state index in [-0.39, 0.29) is 5.91 Å². The molecule has 1 rings (SSSR count). The standard InChI is InChI=1S/C15H31N3O/c1-6-17-15(5,14(16)19)10-12(3)18-9-7-8-11(2)13(18)4/h11-13,17H,6-10H2,1-5H3,(H2,16,19). The molecule has 1 amide bonds. The number of piperidine rings is 1. The minimum atomic E-state index is -0.603. The normalized spacial score (nSPS) is 29.7. The third-order valence-electron chi connectivity index (χ3n) is 4.80. The Labute approximate surface area is 118 Å². The first-order valence-electron chi connectivity index (χ1n) is 7.62. The van der Waals surface area contributed by atoms with Gasteiger partial charge in [0.2, 0.25) is 5.91 Å². The van der Waals surface area contributed by atoms with Crippen molar-refractivity contribution >= 4 is 5.91 Å². The Hall–Kier alpha value is -0.610. The van der Waals surface area contributed by atoms with Crippen molar-refractivity contribution in [3.05, 3.63) is 0 Å². The van der Waals surface area contributed by atoms with Crippen molar-refractivity contribution in [2.75, 3.05) is 13.1 Å². The summed E-state index contributed by atoms with van der Waals surface area (Å²) in [6.07, 6.45) is 3.34. The average molecular weight is 269 g/mol. The maximum Gasteiger partial charge on any atom is 0.237 e. The van der Waals surface area contributed by atoms with Crippen molar-refractivity contribution in [2.24, 2.45) is 11.7 Å². The summed E-state index contributed by atoms with van der Waals surface area (Å²) < 4.78 is 0.